The van der Waals surface area contributed by atoms with Gasteiger partial charge in [0.05, 0.1) is 11.4 Å². The minimum absolute atomic E-state index is 0.294. The molecule has 3 aromatic rings. The number of rotatable bonds is 6. The third-order valence-electron chi connectivity index (χ3n) is 4.51. The molecule has 2 N–H and O–H groups in total. The monoisotopic (exact) mass is 347 g/mol. The summed E-state index contributed by atoms with van der Waals surface area (Å²) >= 11 is 0. The van der Waals surface area contributed by atoms with E-state index in [0.29, 0.717) is 12.0 Å². The van der Waals surface area contributed by atoms with E-state index in [1.807, 2.05) is 30.3 Å². The third-order valence-corrected chi connectivity index (χ3v) is 4.51. The number of aryl methyl sites for hydroxylation is 1. The summed E-state index contributed by atoms with van der Waals surface area (Å²) in [6.45, 7) is 8.47. The third kappa shape index (κ3) is 4.17. The predicted molar refractivity (Wildman–Crippen MR) is 108 cm³/mol. The van der Waals surface area contributed by atoms with Crippen molar-refractivity contribution in [2.75, 3.05) is 10.6 Å². The van der Waals surface area contributed by atoms with Crippen LogP contribution in [0.3, 0.4) is 0 Å². The average Bonchev–Trinajstić information content (AvgIpc) is 2.66. The van der Waals surface area contributed by atoms with E-state index in [4.69, 9.17) is 0 Å². The Bertz CT molecular complexity index is 877. The number of anilines is 3. The van der Waals surface area contributed by atoms with Gasteiger partial charge in [-0.05, 0) is 56.5 Å². The molecular formula is C21H25N5. The highest BCUT2D eigenvalue weighted by molar-refractivity contribution is 5.67. The zero-order chi connectivity index (χ0) is 18.5. The lowest BCUT2D eigenvalue weighted by molar-refractivity contribution is 0.753. The molecule has 0 fully saturated rings. The van der Waals surface area contributed by atoms with Gasteiger partial charge in [-0.25, -0.2) is 4.98 Å². The van der Waals surface area contributed by atoms with Crippen molar-refractivity contribution in [3.63, 3.8) is 0 Å². The maximum absolute atomic E-state index is 4.65. The summed E-state index contributed by atoms with van der Waals surface area (Å²) in [6, 6.07) is 14.3. The first-order chi connectivity index (χ1) is 12.6. The summed E-state index contributed by atoms with van der Waals surface area (Å²) < 4.78 is 0. The van der Waals surface area contributed by atoms with Gasteiger partial charge in [-0.2, -0.15) is 4.98 Å². The standard InChI is InChI=1S/C21H25N5/c1-5-15(3)23-21-25-19(18-10-6-7-12-22-18)13-20(26-21)24-17-11-8-9-14(2)16(17)4/h6-13,15H,5H2,1-4H3,(H2,23,24,25,26)/t15-/m0/s1. The molecule has 0 radical (unpaired) electrons. The largest absolute Gasteiger partial charge is 0.352 e. The quantitative estimate of drug-likeness (QED) is 0.649. The van der Waals surface area contributed by atoms with Gasteiger partial charge in [-0.1, -0.05) is 25.1 Å². The molecule has 0 aliphatic heterocycles. The minimum atomic E-state index is 0.294. The Hall–Kier alpha value is -2.95. The van der Waals surface area contributed by atoms with E-state index in [1.54, 1.807) is 6.20 Å². The van der Waals surface area contributed by atoms with Crippen LogP contribution < -0.4 is 10.6 Å². The molecule has 0 spiro atoms. The van der Waals surface area contributed by atoms with Crippen molar-refractivity contribution in [1.29, 1.82) is 0 Å². The summed E-state index contributed by atoms with van der Waals surface area (Å²) in [5.41, 5.74) is 5.12. The Kier molecular flexibility index (Phi) is 5.46. The highest BCUT2D eigenvalue weighted by Crippen LogP contribution is 2.25. The summed E-state index contributed by atoms with van der Waals surface area (Å²) in [5.74, 6) is 1.36. The van der Waals surface area contributed by atoms with E-state index in [2.05, 4.69) is 65.4 Å². The number of hydrogen-bond acceptors (Lipinski definition) is 5. The molecule has 0 bridgehead atoms. The molecular weight excluding hydrogens is 322 g/mol. The highest BCUT2D eigenvalue weighted by Gasteiger charge is 2.10. The number of nitrogens with zero attached hydrogens (tertiary/aromatic N) is 3. The van der Waals surface area contributed by atoms with Gasteiger partial charge in [0, 0.05) is 24.0 Å². The molecule has 0 aliphatic rings. The highest BCUT2D eigenvalue weighted by atomic mass is 15.2. The van der Waals surface area contributed by atoms with Crippen LogP contribution in [0.15, 0.2) is 48.7 Å². The Morgan fingerprint density at radius 1 is 1.00 bits per heavy atom. The van der Waals surface area contributed by atoms with Crippen LogP contribution in [-0.2, 0) is 0 Å². The number of aromatic nitrogens is 3. The smallest absolute Gasteiger partial charge is 0.225 e. The maximum atomic E-state index is 4.65. The average molecular weight is 347 g/mol. The fraction of sp³-hybridized carbons (Fsp3) is 0.286. The second-order valence-corrected chi connectivity index (χ2v) is 6.50. The van der Waals surface area contributed by atoms with Crippen LogP contribution in [0.5, 0.6) is 0 Å². The molecule has 5 nitrogen and oxygen atoms in total. The molecule has 0 unspecified atom stereocenters. The molecule has 3 rings (SSSR count). The first-order valence-electron chi connectivity index (χ1n) is 8.97. The van der Waals surface area contributed by atoms with Crippen LogP contribution in [0.4, 0.5) is 17.5 Å². The predicted octanol–water partition coefficient (Wildman–Crippen LogP) is 5.11. The van der Waals surface area contributed by atoms with E-state index in [9.17, 15) is 0 Å². The van der Waals surface area contributed by atoms with Crippen molar-refractivity contribution in [2.45, 2.75) is 40.2 Å². The summed E-state index contributed by atoms with van der Waals surface area (Å²) in [4.78, 5) is 13.7. The van der Waals surface area contributed by atoms with Crippen LogP contribution in [0.1, 0.15) is 31.4 Å². The van der Waals surface area contributed by atoms with Gasteiger partial charge in [0.25, 0.3) is 0 Å². The topological polar surface area (TPSA) is 62.7 Å². The lowest BCUT2D eigenvalue weighted by Crippen LogP contribution is -2.16. The Morgan fingerprint density at radius 3 is 2.58 bits per heavy atom. The van der Waals surface area contributed by atoms with E-state index in [1.165, 1.54) is 11.1 Å². The molecule has 134 valence electrons. The first-order valence-corrected chi connectivity index (χ1v) is 8.97. The second kappa shape index (κ2) is 7.95. The lowest BCUT2D eigenvalue weighted by Gasteiger charge is -2.15. The SMILES string of the molecule is CC[C@H](C)Nc1nc(Nc2cccc(C)c2C)cc(-c2ccccn2)n1. The van der Waals surface area contributed by atoms with Gasteiger partial charge >= 0.3 is 0 Å². The van der Waals surface area contributed by atoms with Crippen molar-refractivity contribution < 1.29 is 0 Å². The Balaban J connectivity index is 2.00. The van der Waals surface area contributed by atoms with Crippen molar-refractivity contribution in [3.05, 3.63) is 59.8 Å². The van der Waals surface area contributed by atoms with E-state index in [-0.39, 0.29) is 0 Å². The molecule has 0 saturated carbocycles. The minimum Gasteiger partial charge on any atom is -0.352 e. The van der Waals surface area contributed by atoms with E-state index < -0.39 is 0 Å². The van der Waals surface area contributed by atoms with Crippen molar-refractivity contribution >= 4 is 17.5 Å². The number of hydrogen-bond donors (Lipinski definition) is 2. The first kappa shape index (κ1) is 17.9. The van der Waals surface area contributed by atoms with Crippen LogP contribution >= 0.6 is 0 Å². The Morgan fingerprint density at radius 2 is 1.85 bits per heavy atom. The number of nitrogens with one attached hydrogen (secondary N) is 2. The number of benzene rings is 1. The van der Waals surface area contributed by atoms with E-state index >= 15 is 0 Å². The van der Waals surface area contributed by atoms with Gasteiger partial charge in [-0.3, -0.25) is 4.98 Å². The van der Waals surface area contributed by atoms with Crippen LogP contribution in [0.2, 0.25) is 0 Å². The molecule has 1 aromatic carbocycles. The van der Waals surface area contributed by atoms with E-state index in [0.717, 1.165) is 29.3 Å². The molecule has 2 heterocycles. The molecule has 5 heteroatoms. The summed E-state index contributed by atoms with van der Waals surface area (Å²) in [5, 5.41) is 6.80. The number of pyridine rings is 1. The van der Waals surface area contributed by atoms with Gasteiger partial charge in [0.2, 0.25) is 5.95 Å². The lowest BCUT2D eigenvalue weighted by atomic mass is 10.1. The summed E-state index contributed by atoms with van der Waals surface area (Å²) in [6.07, 6.45) is 2.77. The maximum Gasteiger partial charge on any atom is 0.225 e. The fourth-order valence-electron chi connectivity index (χ4n) is 2.57. The molecule has 2 aromatic heterocycles. The van der Waals surface area contributed by atoms with Crippen LogP contribution in [0, 0.1) is 13.8 Å². The van der Waals surface area contributed by atoms with Gasteiger partial charge in [0.15, 0.2) is 0 Å². The second-order valence-electron chi connectivity index (χ2n) is 6.50. The molecule has 0 aliphatic carbocycles. The van der Waals surface area contributed by atoms with Crippen LogP contribution in [-0.4, -0.2) is 21.0 Å². The normalized spacial score (nSPS) is 11.8. The molecule has 0 amide bonds. The van der Waals surface area contributed by atoms with Crippen molar-refractivity contribution in [2.24, 2.45) is 0 Å². The van der Waals surface area contributed by atoms with Crippen molar-refractivity contribution in [1.82, 2.24) is 15.0 Å². The molecule has 26 heavy (non-hydrogen) atoms. The summed E-state index contributed by atoms with van der Waals surface area (Å²) in [7, 11) is 0. The van der Waals surface area contributed by atoms with Gasteiger partial charge < -0.3 is 10.6 Å². The van der Waals surface area contributed by atoms with Crippen molar-refractivity contribution in [3.8, 4) is 11.4 Å². The zero-order valence-corrected chi connectivity index (χ0v) is 15.7. The fourth-order valence-corrected chi connectivity index (χ4v) is 2.57. The molecule has 0 saturated heterocycles. The molecule has 1 atom stereocenters. The Labute approximate surface area is 154 Å². The van der Waals surface area contributed by atoms with Crippen LogP contribution in [0.25, 0.3) is 11.4 Å². The van der Waals surface area contributed by atoms with Gasteiger partial charge in [0.1, 0.15) is 5.82 Å². The zero-order valence-electron chi connectivity index (χ0n) is 15.7. The van der Waals surface area contributed by atoms with Gasteiger partial charge in [-0.15, -0.1) is 0 Å².